The van der Waals surface area contributed by atoms with E-state index in [4.69, 9.17) is 40.9 Å². The van der Waals surface area contributed by atoms with Crippen molar-refractivity contribution in [2.24, 2.45) is 11.8 Å². The van der Waals surface area contributed by atoms with E-state index in [0.717, 1.165) is 25.2 Å². The lowest BCUT2D eigenvalue weighted by molar-refractivity contribution is -0.146. The first-order valence-corrected chi connectivity index (χ1v) is 14.3. The van der Waals surface area contributed by atoms with Gasteiger partial charge in [0.15, 0.2) is 0 Å². The summed E-state index contributed by atoms with van der Waals surface area (Å²) in [5.41, 5.74) is 0. The first-order valence-electron chi connectivity index (χ1n) is 14.3. The molecule has 0 aliphatic rings. The summed E-state index contributed by atoms with van der Waals surface area (Å²) in [5, 5.41) is 68.4. The molecule has 0 bridgehead atoms. The van der Waals surface area contributed by atoms with Gasteiger partial charge in [0.05, 0.1) is 52.0 Å². The highest BCUT2D eigenvalue weighted by Gasteiger charge is 2.17. The zero-order valence-corrected chi connectivity index (χ0v) is 24.7. The molecule has 8 N–H and O–H groups in total. The molecule has 40 heavy (non-hydrogen) atoms. The molecule has 12 nitrogen and oxygen atoms in total. The number of carboxylic acids is 2. The Labute approximate surface area is 240 Å². The highest BCUT2D eigenvalue weighted by atomic mass is 16.4. The minimum Gasteiger partial charge on any atom is -0.481 e. The van der Waals surface area contributed by atoms with Crippen LogP contribution in [0.4, 0.5) is 0 Å². The van der Waals surface area contributed by atoms with Crippen molar-refractivity contribution in [2.45, 2.75) is 65.2 Å². The lowest BCUT2D eigenvalue weighted by Crippen LogP contribution is -2.32. The maximum absolute atomic E-state index is 10.8. The Balaban J connectivity index is -0.000000573. The van der Waals surface area contributed by atoms with Crippen molar-refractivity contribution in [1.29, 1.82) is 0 Å². The van der Waals surface area contributed by atoms with E-state index in [2.05, 4.69) is 13.8 Å². The van der Waals surface area contributed by atoms with Crippen molar-refractivity contribution in [3.8, 4) is 0 Å². The topological polar surface area (TPSA) is 202 Å². The first-order chi connectivity index (χ1) is 19.1. The van der Waals surface area contributed by atoms with E-state index in [0.29, 0.717) is 39.3 Å². The summed E-state index contributed by atoms with van der Waals surface area (Å²) in [6.45, 7) is 7.98. The third kappa shape index (κ3) is 34.4. The first kappa shape index (κ1) is 42.8. The van der Waals surface area contributed by atoms with Crippen LogP contribution in [-0.2, 0) is 9.59 Å². The number of allylic oxidation sites excluding steroid dienone is 1. The molecule has 0 rings (SSSR count). The van der Waals surface area contributed by atoms with Crippen LogP contribution in [0.5, 0.6) is 0 Å². The monoisotopic (exact) mass is 582 g/mol. The number of aliphatic carboxylic acids is 2. The Kier molecular flexibility index (Phi) is 35.9. The number of hydrogen-bond donors (Lipinski definition) is 8. The van der Waals surface area contributed by atoms with Gasteiger partial charge < -0.3 is 40.9 Å². The molecule has 240 valence electrons. The predicted molar refractivity (Wildman–Crippen MR) is 155 cm³/mol. The Hall–Kier alpha value is -1.64. The molecule has 12 heteroatoms. The van der Waals surface area contributed by atoms with E-state index in [9.17, 15) is 9.59 Å². The molecule has 0 saturated heterocycles. The van der Waals surface area contributed by atoms with Crippen LogP contribution in [0.3, 0.4) is 0 Å². The van der Waals surface area contributed by atoms with Gasteiger partial charge in [-0.2, -0.15) is 0 Å². The molecule has 0 radical (unpaired) electrons. The molecule has 0 aromatic heterocycles. The molecule has 0 fully saturated rings. The molecule has 0 aliphatic carbocycles. The van der Waals surface area contributed by atoms with E-state index in [1.807, 2.05) is 0 Å². The Morgan fingerprint density at radius 1 is 0.625 bits per heavy atom. The number of carbonyl (C=O) groups is 2. The molecule has 0 saturated carbocycles. The molecule has 1 unspecified atom stereocenters. The highest BCUT2D eigenvalue weighted by Crippen LogP contribution is 2.12. The summed E-state index contributed by atoms with van der Waals surface area (Å²) in [4.78, 5) is 24.9. The minimum atomic E-state index is -1.08. The average molecular weight is 583 g/mol. The lowest BCUT2D eigenvalue weighted by atomic mass is 10.0. The normalized spacial score (nSPS) is 11.9. The van der Waals surface area contributed by atoms with Crippen LogP contribution in [0.15, 0.2) is 12.2 Å². The molecule has 0 aromatic carbocycles. The fourth-order valence-corrected chi connectivity index (χ4v) is 3.55. The maximum Gasteiger partial charge on any atom is 0.310 e. The summed E-state index contributed by atoms with van der Waals surface area (Å²) in [7, 11) is 0. The van der Waals surface area contributed by atoms with Crippen LogP contribution in [-0.4, -0.2) is 142 Å². The zero-order chi connectivity index (χ0) is 31.0. The second-order valence-corrected chi connectivity index (χ2v) is 9.73. The van der Waals surface area contributed by atoms with Crippen LogP contribution in [0.2, 0.25) is 0 Å². The molecular weight excluding hydrogens is 524 g/mol. The van der Waals surface area contributed by atoms with Crippen LogP contribution >= 0.6 is 0 Å². The van der Waals surface area contributed by atoms with Crippen LogP contribution < -0.4 is 0 Å². The van der Waals surface area contributed by atoms with E-state index < -0.39 is 17.9 Å². The van der Waals surface area contributed by atoms with E-state index in [1.165, 1.54) is 31.8 Å². The van der Waals surface area contributed by atoms with Crippen molar-refractivity contribution in [2.75, 3.05) is 78.9 Å². The third-order valence-electron chi connectivity index (χ3n) is 5.73. The minimum absolute atomic E-state index is 0.0694. The van der Waals surface area contributed by atoms with E-state index in [-0.39, 0.29) is 46.1 Å². The fraction of sp³-hybridized carbons (Fsp3) is 0.857. The number of aliphatic hydroxyl groups excluding tert-OH is 6. The predicted octanol–water partition coefficient (Wildman–Crippen LogP) is 0.635. The van der Waals surface area contributed by atoms with Gasteiger partial charge in [0, 0.05) is 39.3 Å². The number of aliphatic hydroxyl groups is 6. The summed E-state index contributed by atoms with van der Waals surface area (Å²) in [6, 6.07) is 0. The summed E-state index contributed by atoms with van der Waals surface area (Å²) in [6.07, 6.45) is 11.0. The second kappa shape index (κ2) is 33.6. The lowest BCUT2D eigenvalue weighted by Gasteiger charge is -2.17. The zero-order valence-electron chi connectivity index (χ0n) is 24.7. The van der Waals surface area contributed by atoms with Gasteiger partial charge in [-0.1, -0.05) is 58.1 Å². The van der Waals surface area contributed by atoms with Gasteiger partial charge in [0.2, 0.25) is 0 Å². The molecule has 1 atom stereocenters. The van der Waals surface area contributed by atoms with Crippen molar-refractivity contribution in [3.63, 3.8) is 0 Å². The van der Waals surface area contributed by atoms with Crippen LogP contribution in [0, 0.1) is 11.8 Å². The van der Waals surface area contributed by atoms with Gasteiger partial charge in [-0.15, -0.1) is 0 Å². The molecule has 0 aliphatic heterocycles. The van der Waals surface area contributed by atoms with Crippen molar-refractivity contribution >= 4 is 11.9 Å². The number of nitrogens with zero attached hydrogens (tertiary/aromatic N) is 2. The fourth-order valence-electron chi connectivity index (χ4n) is 3.55. The highest BCUT2D eigenvalue weighted by molar-refractivity contribution is 5.79. The number of carboxylic acid groups (broad SMARTS) is 2. The summed E-state index contributed by atoms with van der Waals surface area (Å²) >= 11 is 0. The number of unbranched alkanes of at least 4 members (excludes halogenated alkanes) is 5. The SMILES string of the molecule is CC(C)CCCCCCC/C=C/C(CC(=O)O)C(=O)O.OCCN(CCO)CCO.OCCN(CCO)CCO. The standard InChI is InChI=1S/C16H28O4.2C6H15NO3/c1-13(2)10-8-6-4-3-5-7-9-11-14(16(19)20)12-15(17)18;2*8-4-1-7(2-5-9)3-6-10/h9,11,13-14H,3-8,10,12H2,1-2H3,(H,17,18)(H,19,20);2*8-10H,1-6H2/b11-9+;;. The molecule has 0 amide bonds. The van der Waals surface area contributed by atoms with Gasteiger partial charge in [-0.25, -0.2) is 0 Å². The van der Waals surface area contributed by atoms with Gasteiger partial charge in [-0.3, -0.25) is 19.4 Å². The third-order valence-corrected chi connectivity index (χ3v) is 5.73. The Bertz CT molecular complexity index is 533. The van der Waals surface area contributed by atoms with E-state index in [1.54, 1.807) is 15.9 Å². The smallest absolute Gasteiger partial charge is 0.310 e. The molecule has 0 heterocycles. The maximum atomic E-state index is 10.8. The van der Waals surface area contributed by atoms with Gasteiger partial charge >= 0.3 is 11.9 Å². The molecule has 0 spiro atoms. The Morgan fingerprint density at radius 2 is 1.00 bits per heavy atom. The largest absolute Gasteiger partial charge is 0.481 e. The average Bonchev–Trinajstić information content (AvgIpc) is 2.88. The van der Waals surface area contributed by atoms with E-state index >= 15 is 0 Å². The number of hydrogen-bond acceptors (Lipinski definition) is 10. The summed E-state index contributed by atoms with van der Waals surface area (Å²) < 4.78 is 0. The van der Waals surface area contributed by atoms with Gasteiger partial charge in [0.25, 0.3) is 0 Å². The van der Waals surface area contributed by atoms with Gasteiger partial charge in [0.1, 0.15) is 0 Å². The van der Waals surface area contributed by atoms with Gasteiger partial charge in [-0.05, 0) is 18.8 Å². The summed E-state index contributed by atoms with van der Waals surface area (Å²) in [5.74, 6) is -2.27. The number of rotatable bonds is 24. The van der Waals surface area contributed by atoms with Crippen molar-refractivity contribution in [3.05, 3.63) is 12.2 Å². The molecular formula is C28H58N2O10. The van der Waals surface area contributed by atoms with Crippen LogP contribution in [0.1, 0.15) is 65.2 Å². The Morgan fingerprint density at radius 3 is 1.32 bits per heavy atom. The van der Waals surface area contributed by atoms with Crippen molar-refractivity contribution in [1.82, 2.24) is 9.80 Å². The molecule has 0 aromatic rings. The second-order valence-electron chi connectivity index (χ2n) is 9.73. The quantitative estimate of drug-likeness (QED) is 0.0583. The van der Waals surface area contributed by atoms with Crippen LogP contribution in [0.25, 0.3) is 0 Å². The van der Waals surface area contributed by atoms with Crippen molar-refractivity contribution < 1.29 is 50.4 Å².